The Morgan fingerprint density at radius 3 is 2.79 bits per heavy atom. The third-order valence-electron chi connectivity index (χ3n) is 6.28. The van der Waals surface area contributed by atoms with Gasteiger partial charge in [0.25, 0.3) is 5.91 Å². The van der Waals surface area contributed by atoms with E-state index in [4.69, 9.17) is 10.1 Å². The maximum Gasteiger partial charge on any atom is 0.255 e. The number of aromatic amines is 1. The zero-order valence-electron chi connectivity index (χ0n) is 19.8. The molecule has 0 aliphatic carbocycles. The van der Waals surface area contributed by atoms with Gasteiger partial charge in [-0.2, -0.15) is 4.98 Å². The molecule has 0 bridgehead atoms. The van der Waals surface area contributed by atoms with Crippen LogP contribution in [0, 0.1) is 13.8 Å². The highest BCUT2D eigenvalue weighted by atomic mass is 32.2. The van der Waals surface area contributed by atoms with E-state index in [0.29, 0.717) is 16.7 Å². The highest BCUT2D eigenvalue weighted by molar-refractivity contribution is 7.99. The van der Waals surface area contributed by atoms with Crippen LogP contribution in [0.15, 0.2) is 65.1 Å². The van der Waals surface area contributed by atoms with E-state index in [-0.39, 0.29) is 5.91 Å². The quantitative estimate of drug-likeness (QED) is 0.309. The van der Waals surface area contributed by atoms with Crippen molar-refractivity contribution in [3.05, 3.63) is 76.6 Å². The van der Waals surface area contributed by atoms with Crippen LogP contribution in [-0.2, 0) is 4.79 Å². The maximum atomic E-state index is 13.8. The van der Waals surface area contributed by atoms with Gasteiger partial charge in [-0.1, -0.05) is 49.0 Å². The van der Waals surface area contributed by atoms with Crippen LogP contribution in [0.4, 0.5) is 11.6 Å². The lowest BCUT2D eigenvalue weighted by molar-refractivity contribution is -0.113. The van der Waals surface area contributed by atoms with Gasteiger partial charge in [-0.3, -0.25) is 4.79 Å². The number of benzene rings is 2. The largest absolute Gasteiger partial charge is 0.361 e. The van der Waals surface area contributed by atoms with E-state index >= 15 is 0 Å². The van der Waals surface area contributed by atoms with Gasteiger partial charge in [-0.25, -0.2) is 4.68 Å². The molecule has 7 nitrogen and oxygen atoms in total. The summed E-state index contributed by atoms with van der Waals surface area (Å²) < 4.78 is 1.85. The Labute approximate surface area is 203 Å². The summed E-state index contributed by atoms with van der Waals surface area (Å²) in [5.74, 6) is 1.43. The van der Waals surface area contributed by atoms with Crippen LogP contribution >= 0.6 is 11.8 Å². The minimum Gasteiger partial charge on any atom is -0.361 e. The van der Waals surface area contributed by atoms with E-state index in [2.05, 4.69) is 28.6 Å². The number of hydrogen-bond donors (Lipinski definition) is 3. The number of fused-ring (bicyclic) bond motifs is 2. The van der Waals surface area contributed by atoms with Gasteiger partial charge < -0.3 is 15.6 Å². The molecule has 0 fully saturated rings. The number of thioether (sulfide) groups is 1. The zero-order chi connectivity index (χ0) is 23.8. The van der Waals surface area contributed by atoms with Crippen molar-refractivity contribution < 1.29 is 4.79 Å². The SMILES string of the molecule is CCCSc1nc2n(n1)C(c1c[nH]c3ccccc13)C(C(=O)Nc1cccc(C)c1C)=C(C)N2. The van der Waals surface area contributed by atoms with Crippen molar-refractivity contribution in [1.29, 1.82) is 0 Å². The first-order chi connectivity index (χ1) is 16.5. The number of aryl methyl sites for hydroxylation is 1. The molecule has 5 rings (SSSR count). The third-order valence-corrected chi connectivity index (χ3v) is 7.33. The van der Waals surface area contributed by atoms with Gasteiger partial charge in [0, 0.05) is 39.8 Å². The van der Waals surface area contributed by atoms with Crippen LogP contribution in [0.5, 0.6) is 0 Å². The lowest BCUT2D eigenvalue weighted by atomic mass is 9.94. The molecule has 1 atom stereocenters. The van der Waals surface area contributed by atoms with Gasteiger partial charge in [-0.15, -0.1) is 5.10 Å². The molecular formula is C26H28N6OS. The summed E-state index contributed by atoms with van der Waals surface area (Å²) in [5.41, 5.74) is 6.40. The summed E-state index contributed by atoms with van der Waals surface area (Å²) in [5, 5.41) is 13.1. The van der Waals surface area contributed by atoms with E-state index in [1.54, 1.807) is 11.8 Å². The molecule has 3 N–H and O–H groups in total. The Balaban J connectivity index is 1.62. The number of allylic oxidation sites excluding steroid dienone is 1. The number of amides is 1. The average molecular weight is 473 g/mol. The van der Waals surface area contributed by atoms with Crippen LogP contribution in [0.3, 0.4) is 0 Å². The van der Waals surface area contributed by atoms with Crippen molar-refractivity contribution in [3.63, 3.8) is 0 Å². The summed E-state index contributed by atoms with van der Waals surface area (Å²) in [6.45, 7) is 8.13. The van der Waals surface area contributed by atoms with Gasteiger partial charge in [0.05, 0.1) is 5.57 Å². The highest BCUT2D eigenvalue weighted by Gasteiger charge is 2.35. The molecule has 0 saturated carbocycles. The zero-order valence-corrected chi connectivity index (χ0v) is 20.6. The molecule has 174 valence electrons. The lowest BCUT2D eigenvalue weighted by Gasteiger charge is -2.28. The number of hydrogen-bond acceptors (Lipinski definition) is 5. The summed E-state index contributed by atoms with van der Waals surface area (Å²) >= 11 is 1.62. The van der Waals surface area contributed by atoms with Gasteiger partial charge >= 0.3 is 0 Å². The van der Waals surface area contributed by atoms with Crippen LogP contribution < -0.4 is 10.6 Å². The van der Waals surface area contributed by atoms with Gasteiger partial charge in [0.15, 0.2) is 0 Å². The second kappa shape index (κ2) is 9.02. The first-order valence-electron chi connectivity index (χ1n) is 11.5. The molecule has 0 saturated heterocycles. The fraction of sp³-hybridized carbons (Fsp3) is 0.269. The number of carbonyl (C=O) groups is 1. The lowest BCUT2D eigenvalue weighted by Crippen LogP contribution is -2.31. The highest BCUT2D eigenvalue weighted by Crippen LogP contribution is 2.39. The molecule has 2 aromatic heterocycles. The van der Waals surface area contributed by atoms with Crippen LogP contribution in [-0.4, -0.2) is 31.4 Å². The molecule has 34 heavy (non-hydrogen) atoms. The number of nitrogens with one attached hydrogen (secondary N) is 3. The number of para-hydroxylation sites is 1. The Hall–Kier alpha value is -3.52. The molecule has 2 aromatic carbocycles. The Kier molecular flexibility index (Phi) is 5.91. The number of aromatic nitrogens is 4. The number of nitrogens with zero attached hydrogens (tertiary/aromatic N) is 3. The molecule has 4 aromatic rings. The fourth-order valence-electron chi connectivity index (χ4n) is 4.36. The van der Waals surface area contributed by atoms with Crippen LogP contribution in [0.1, 0.15) is 43.0 Å². The second-order valence-corrected chi connectivity index (χ2v) is 9.63. The van der Waals surface area contributed by atoms with Gasteiger partial charge in [0.2, 0.25) is 11.1 Å². The fourth-order valence-corrected chi connectivity index (χ4v) is 5.05. The van der Waals surface area contributed by atoms with E-state index < -0.39 is 6.04 Å². The molecule has 1 aliphatic heterocycles. The molecule has 1 unspecified atom stereocenters. The number of rotatable bonds is 6. The standard InChI is InChI=1S/C26H28N6OS/c1-5-13-34-26-30-25-28-17(4)22(24(33)29-20-12-8-9-15(2)16(20)3)23(32(25)31-26)19-14-27-21-11-7-6-10-18(19)21/h6-12,14,23,27H,5,13H2,1-4H3,(H,29,33)(H,28,30,31). The minimum absolute atomic E-state index is 0.155. The summed E-state index contributed by atoms with van der Waals surface area (Å²) in [6.07, 6.45) is 3.01. The van der Waals surface area contributed by atoms with E-state index in [1.807, 2.05) is 68.0 Å². The number of carbonyl (C=O) groups excluding carboxylic acids is 1. The molecule has 8 heteroatoms. The Morgan fingerprint density at radius 1 is 1.15 bits per heavy atom. The normalized spacial score (nSPS) is 15.4. The topological polar surface area (TPSA) is 87.6 Å². The van der Waals surface area contributed by atoms with Crippen LogP contribution in [0.2, 0.25) is 0 Å². The smallest absolute Gasteiger partial charge is 0.255 e. The van der Waals surface area contributed by atoms with E-state index in [9.17, 15) is 4.79 Å². The first-order valence-corrected chi connectivity index (χ1v) is 12.5. The average Bonchev–Trinajstić information content (AvgIpc) is 3.43. The van der Waals surface area contributed by atoms with Gasteiger partial charge in [0.1, 0.15) is 6.04 Å². The second-order valence-electron chi connectivity index (χ2n) is 8.57. The van der Waals surface area contributed by atoms with Crippen molar-refractivity contribution in [2.24, 2.45) is 0 Å². The van der Waals surface area contributed by atoms with Crippen LogP contribution in [0.25, 0.3) is 10.9 Å². The minimum atomic E-state index is -0.416. The van der Waals surface area contributed by atoms with Crippen molar-refractivity contribution in [2.45, 2.75) is 45.3 Å². The van der Waals surface area contributed by atoms with E-state index in [1.165, 1.54) is 0 Å². The van der Waals surface area contributed by atoms with Crippen molar-refractivity contribution in [2.75, 3.05) is 16.4 Å². The predicted octanol–water partition coefficient (Wildman–Crippen LogP) is 5.81. The summed E-state index contributed by atoms with van der Waals surface area (Å²) in [6, 6.07) is 13.7. The molecular weight excluding hydrogens is 444 g/mol. The summed E-state index contributed by atoms with van der Waals surface area (Å²) in [4.78, 5) is 21.9. The summed E-state index contributed by atoms with van der Waals surface area (Å²) in [7, 11) is 0. The molecule has 1 aliphatic rings. The third kappa shape index (κ3) is 3.88. The molecule has 0 radical (unpaired) electrons. The Morgan fingerprint density at radius 2 is 1.97 bits per heavy atom. The number of anilines is 2. The molecule has 0 spiro atoms. The first kappa shape index (κ1) is 22.3. The monoisotopic (exact) mass is 472 g/mol. The molecule has 3 heterocycles. The predicted molar refractivity (Wildman–Crippen MR) is 138 cm³/mol. The number of H-pyrrole nitrogens is 1. The van der Waals surface area contributed by atoms with E-state index in [0.717, 1.165) is 51.2 Å². The maximum absolute atomic E-state index is 13.8. The van der Waals surface area contributed by atoms with Crippen molar-refractivity contribution >= 4 is 40.2 Å². The Bertz CT molecular complexity index is 1420. The van der Waals surface area contributed by atoms with Gasteiger partial charge in [-0.05, 0) is 50.5 Å². The molecule has 1 amide bonds. The van der Waals surface area contributed by atoms with Crippen molar-refractivity contribution in [3.8, 4) is 0 Å². The van der Waals surface area contributed by atoms with Crippen molar-refractivity contribution in [1.82, 2.24) is 19.7 Å².